The molecule has 0 spiro atoms. The van der Waals surface area contributed by atoms with E-state index < -0.39 is 0 Å². The molecule has 0 aliphatic heterocycles. The Labute approximate surface area is 209 Å². The third-order valence-electron chi connectivity index (χ3n) is 6.92. The summed E-state index contributed by atoms with van der Waals surface area (Å²) in [5, 5.41) is 0. The topological polar surface area (TPSA) is 40.3 Å². The molecule has 0 radical (unpaired) electrons. The van der Waals surface area contributed by atoms with E-state index in [1.165, 1.54) is 131 Å². The first-order chi connectivity index (χ1) is 14.6. The monoisotopic (exact) mass is 510 g/mol. The molecule has 1 aromatic carbocycles. The van der Waals surface area contributed by atoms with E-state index in [4.69, 9.17) is 0 Å². The Kier molecular flexibility index (Phi) is 17.1. The number of aryl methyl sites for hydroxylation is 4. The minimum Gasteiger partial charge on any atom is -1.00 e. The first kappa shape index (κ1) is 31.1. The second-order valence-electron chi connectivity index (χ2n) is 9.52. The first-order valence-corrected chi connectivity index (χ1v) is 13.1. The number of hydrogen-bond acceptors (Lipinski definition) is 0. The zero-order valence-corrected chi connectivity index (χ0v) is 23.3. The lowest BCUT2D eigenvalue weighted by molar-refractivity contribution is -0.679. The lowest BCUT2D eigenvalue weighted by Crippen LogP contribution is -3.00. The third kappa shape index (κ3) is 9.55. The van der Waals surface area contributed by atoms with Crippen LogP contribution in [-0.2, 0) is 13.1 Å². The molecule has 0 saturated heterocycles. The van der Waals surface area contributed by atoms with E-state index in [1.807, 2.05) is 0 Å². The van der Waals surface area contributed by atoms with Gasteiger partial charge in [0.15, 0.2) is 11.0 Å². The van der Waals surface area contributed by atoms with E-state index in [0.29, 0.717) is 0 Å². The standard InChI is InChI=1S/C28H49N2.BrH.H2O/c1-6-8-10-12-14-16-18-20-29-26(5)30(21-19-17-15-13-11-9-7-2)28-23-25(4)24(3)22-27(28)29;;/h22-23H,6-21H2,1-5H3;1H;1H2/q+1;;/p-1. The molecule has 0 atom stereocenters. The molecule has 2 aromatic rings. The van der Waals surface area contributed by atoms with Gasteiger partial charge >= 0.3 is 0 Å². The molecule has 0 amide bonds. The predicted molar refractivity (Wildman–Crippen MR) is 136 cm³/mol. The number of imidazole rings is 1. The third-order valence-corrected chi connectivity index (χ3v) is 6.92. The average Bonchev–Trinajstić information content (AvgIpc) is 2.97. The zero-order valence-electron chi connectivity index (χ0n) is 21.7. The van der Waals surface area contributed by atoms with Gasteiger partial charge in [0, 0.05) is 6.92 Å². The van der Waals surface area contributed by atoms with Gasteiger partial charge in [0.2, 0.25) is 0 Å². The second kappa shape index (κ2) is 17.6. The maximum absolute atomic E-state index is 2.61. The van der Waals surface area contributed by atoms with E-state index >= 15 is 0 Å². The van der Waals surface area contributed by atoms with Crippen LogP contribution in [0.4, 0.5) is 0 Å². The van der Waals surface area contributed by atoms with Crippen LogP contribution in [0.15, 0.2) is 12.1 Å². The quantitative estimate of drug-likeness (QED) is 0.235. The number of fused-ring (bicyclic) bond motifs is 1. The lowest BCUT2D eigenvalue weighted by Gasteiger charge is -2.03. The van der Waals surface area contributed by atoms with Gasteiger partial charge in [-0.05, 0) is 62.8 Å². The smallest absolute Gasteiger partial charge is 0.254 e. The summed E-state index contributed by atoms with van der Waals surface area (Å²) in [6.45, 7) is 13.8. The van der Waals surface area contributed by atoms with Crippen molar-refractivity contribution >= 4 is 11.0 Å². The molecule has 186 valence electrons. The number of hydrogen-bond donors (Lipinski definition) is 0. The molecule has 0 aliphatic carbocycles. The van der Waals surface area contributed by atoms with Crippen molar-refractivity contribution in [2.24, 2.45) is 0 Å². The van der Waals surface area contributed by atoms with Crippen molar-refractivity contribution in [3.05, 3.63) is 29.1 Å². The predicted octanol–water partition coefficient (Wildman–Crippen LogP) is 4.53. The average molecular weight is 512 g/mol. The van der Waals surface area contributed by atoms with Crippen LogP contribution < -0.4 is 21.5 Å². The summed E-state index contributed by atoms with van der Waals surface area (Å²) in [5.74, 6) is 1.45. The Morgan fingerprint density at radius 2 is 1.12 bits per heavy atom. The van der Waals surface area contributed by atoms with E-state index in [0.717, 1.165) is 0 Å². The summed E-state index contributed by atoms with van der Waals surface area (Å²) in [5.41, 5.74) is 5.74. The van der Waals surface area contributed by atoms with Gasteiger partial charge < -0.3 is 22.5 Å². The maximum atomic E-state index is 2.61. The van der Waals surface area contributed by atoms with Crippen molar-refractivity contribution in [1.82, 2.24) is 4.57 Å². The van der Waals surface area contributed by atoms with Crippen LogP contribution in [0.25, 0.3) is 11.0 Å². The van der Waals surface area contributed by atoms with Crippen molar-refractivity contribution < 1.29 is 27.0 Å². The summed E-state index contributed by atoms with van der Waals surface area (Å²) in [4.78, 5) is 0. The molecule has 0 saturated carbocycles. The normalized spacial score (nSPS) is 10.9. The molecular formula is C28H51BrN2O. The zero-order chi connectivity index (χ0) is 21.8. The van der Waals surface area contributed by atoms with Crippen molar-refractivity contribution in [3.63, 3.8) is 0 Å². The Balaban J connectivity index is 0.00000480. The molecule has 3 nitrogen and oxygen atoms in total. The number of rotatable bonds is 16. The molecule has 0 fully saturated rings. The summed E-state index contributed by atoms with van der Waals surface area (Å²) in [6.07, 6.45) is 19.3. The fourth-order valence-electron chi connectivity index (χ4n) is 4.73. The van der Waals surface area contributed by atoms with Crippen LogP contribution >= 0.6 is 0 Å². The van der Waals surface area contributed by atoms with Gasteiger partial charge in [0.25, 0.3) is 5.82 Å². The maximum Gasteiger partial charge on any atom is 0.254 e. The Hall–Kier alpha value is -0.870. The van der Waals surface area contributed by atoms with E-state index in [9.17, 15) is 0 Å². The molecule has 0 bridgehead atoms. The molecule has 1 aromatic heterocycles. The summed E-state index contributed by atoms with van der Waals surface area (Å²) >= 11 is 0. The Bertz CT molecular complexity index is 693. The molecular weight excluding hydrogens is 460 g/mol. The van der Waals surface area contributed by atoms with Gasteiger partial charge in [0.1, 0.15) is 0 Å². The van der Waals surface area contributed by atoms with Gasteiger partial charge in [0.05, 0.1) is 13.1 Å². The molecule has 2 N–H and O–H groups in total. The Morgan fingerprint density at radius 1 is 0.656 bits per heavy atom. The highest BCUT2D eigenvalue weighted by Gasteiger charge is 2.21. The van der Waals surface area contributed by atoms with Crippen molar-refractivity contribution in [1.29, 1.82) is 0 Å². The van der Waals surface area contributed by atoms with Gasteiger partial charge in [-0.25, -0.2) is 9.13 Å². The number of nitrogens with zero attached hydrogens (tertiary/aromatic N) is 2. The molecule has 0 aliphatic rings. The fraction of sp³-hybridized carbons (Fsp3) is 0.750. The summed E-state index contributed by atoms with van der Waals surface area (Å²) in [7, 11) is 0. The summed E-state index contributed by atoms with van der Waals surface area (Å²) in [6, 6.07) is 4.86. The Morgan fingerprint density at radius 3 is 1.69 bits per heavy atom. The van der Waals surface area contributed by atoms with E-state index in [-0.39, 0.29) is 22.5 Å². The van der Waals surface area contributed by atoms with E-state index in [2.05, 4.69) is 55.9 Å². The molecule has 2 rings (SSSR count). The van der Waals surface area contributed by atoms with Crippen molar-refractivity contribution in [3.8, 4) is 0 Å². The summed E-state index contributed by atoms with van der Waals surface area (Å²) < 4.78 is 5.21. The molecule has 1 heterocycles. The number of benzene rings is 1. The largest absolute Gasteiger partial charge is 1.00 e. The number of halogens is 1. The van der Waals surface area contributed by atoms with Gasteiger partial charge in [-0.15, -0.1) is 0 Å². The van der Waals surface area contributed by atoms with E-state index in [1.54, 1.807) is 0 Å². The highest BCUT2D eigenvalue weighted by atomic mass is 79.9. The van der Waals surface area contributed by atoms with Gasteiger partial charge in [-0.1, -0.05) is 78.1 Å². The van der Waals surface area contributed by atoms with Crippen LogP contribution in [0.1, 0.15) is 121 Å². The highest BCUT2D eigenvalue weighted by molar-refractivity contribution is 5.74. The van der Waals surface area contributed by atoms with Crippen molar-refractivity contribution in [2.45, 2.75) is 138 Å². The first-order valence-electron chi connectivity index (χ1n) is 13.1. The SMILES string of the molecule is CCCCCCCCCn1c(C)[n+](CCCCCCCCC)c2cc(C)c(C)cc21.O.[Br-]. The van der Waals surface area contributed by atoms with Crippen molar-refractivity contribution in [2.75, 3.05) is 0 Å². The van der Waals surface area contributed by atoms with Gasteiger partial charge in [-0.3, -0.25) is 0 Å². The van der Waals surface area contributed by atoms with Gasteiger partial charge in [-0.2, -0.15) is 0 Å². The molecule has 32 heavy (non-hydrogen) atoms. The number of aromatic nitrogens is 2. The fourth-order valence-corrected chi connectivity index (χ4v) is 4.73. The van der Waals surface area contributed by atoms with Crippen LogP contribution in [0, 0.1) is 20.8 Å². The minimum absolute atomic E-state index is 0. The van der Waals surface area contributed by atoms with Crippen LogP contribution in [0.3, 0.4) is 0 Å². The lowest BCUT2D eigenvalue weighted by atomic mass is 10.1. The van der Waals surface area contributed by atoms with Crippen LogP contribution in [-0.4, -0.2) is 10.0 Å². The van der Waals surface area contributed by atoms with Crippen LogP contribution in [0.5, 0.6) is 0 Å². The molecule has 0 unspecified atom stereocenters. The minimum atomic E-state index is 0. The highest BCUT2D eigenvalue weighted by Crippen LogP contribution is 2.21. The number of unbranched alkanes of at least 4 members (excludes halogenated alkanes) is 12. The second-order valence-corrected chi connectivity index (χ2v) is 9.52. The van der Waals surface area contributed by atoms with Crippen LogP contribution in [0.2, 0.25) is 0 Å². The molecule has 4 heteroatoms.